The molecule has 5 rings (SSSR count). The van der Waals surface area contributed by atoms with E-state index in [0.29, 0.717) is 29.2 Å². The Labute approximate surface area is 230 Å². The van der Waals surface area contributed by atoms with Crippen LogP contribution in [0.4, 0.5) is 17.8 Å². The molecule has 10 heteroatoms. The molecule has 2 fully saturated rings. The molecule has 1 aromatic heterocycles. The molecule has 3 aromatic rings. The second kappa shape index (κ2) is 12.3. The molecule has 1 N–H and O–H groups in total. The largest absolute Gasteiger partial charge is 0.423 e. The summed E-state index contributed by atoms with van der Waals surface area (Å²) in [4.78, 5) is 31.0. The summed E-state index contributed by atoms with van der Waals surface area (Å²) in [5.41, 5.74) is 4.39. The Bertz CT molecular complexity index is 1200. The summed E-state index contributed by atoms with van der Waals surface area (Å²) < 4.78 is 6.36. The summed E-state index contributed by atoms with van der Waals surface area (Å²) in [6, 6.07) is 14.5. The van der Waals surface area contributed by atoms with E-state index in [4.69, 9.17) is 9.72 Å². The van der Waals surface area contributed by atoms with Gasteiger partial charge in [0.1, 0.15) is 5.75 Å². The first-order valence-electron chi connectivity index (χ1n) is 12.8. The second-order valence-electron chi connectivity index (χ2n) is 9.16. The molecule has 0 unspecified atom stereocenters. The van der Waals surface area contributed by atoms with Crippen LogP contribution in [0.1, 0.15) is 54.4 Å². The van der Waals surface area contributed by atoms with E-state index in [1.54, 1.807) is 24.4 Å². The van der Waals surface area contributed by atoms with Crippen LogP contribution in [0.15, 0.2) is 53.6 Å². The normalized spacial score (nSPS) is 16.1. The number of ether oxygens (including phenoxy) is 1. The minimum absolute atomic E-state index is 0.378. The van der Waals surface area contributed by atoms with Crippen molar-refractivity contribution >= 4 is 52.6 Å². The number of nitrogens with zero attached hydrogens (tertiary/aromatic N) is 6. The number of carbonyl (C=O) groups excluding carboxylic acids is 1. The average Bonchev–Trinajstić information content (AvgIpc) is 2.95. The highest BCUT2D eigenvalue weighted by Crippen LogP contribution is 2.23. The summed E-state index contributed by atoms with van der Waals surface area (Å²) in [7, 11) is 0. The van der Waals surface area contributed by atoms with Crippen LogP contribution in [0.2, 0.25) is 0 Å². The molecule has 0 radical (unpaired) electrons. The quantitative estimate of drug-likeness (QED) is 0.129. The predicted octanol–water partition coefficient (Wildman–Crippen LogP) is 5.12. The van der Waals surface area contributed by atoms with E-state index < -0.39 is 0 Å². The zero-order chi connectivity index (χ0) is 25.5. The molecule has 0 amide bonds. The number of carbonyl (C=O) groups is 1. The van der Waals surface area contributed by atoms with Gasteiger partial charge in [-0.25, -0.2) is 10.2 Å². The van der Waals surface area contributed by atoms with Gasteiger partial charge < -0.3 is 14.5 Å². The van der Waals surface area contributed by atoms with Gasteiger partial charge in [0, 0.05) is 29.7 Å². The second-order valence-corrected chi connectivity index (χ2v) is 10.3. The van der Waals surface area contributed by atoms with E-state index in [-0.39, 0.29) is 5.97 Å². The lowest BCUT2D eigenvalue weighted by Crippen LogP contribution is -2.34. The zero-order valence-electron chi connectivity index (χ0n) is 20.6. The van der Waals surface area contributed by atoms with Crippen molar-refractivity contribution in [1.29, 1.82) is 0 Å². The van der Waals surface area contributed by atoms with Gasteiger partial charge >= 0.3 is 5.97 Å². The van der Waals surface area contributed by atoms with Gasteiger partial charge in [0.15, 0.2) is 0 Å². The summed E-state index contributed by atoms with van der Waals surface area (Å²) in [5.74, 6) is 1.97. The standard InChI is InChI=1S/C27H30IN7O2/c28-23-10-4-3-9-22(23)24(36)37-21-13-11-20(12-14-21)19-29-33-25-30-26(34-15-5-1-6-16-34)32-27(31-25)35-17-7-2-8-18-35/h3-4,9-14,19H,1-2,5-8,15-18H2,(H,30,31,32,33). The fourth-order valence-corrected chi connectivity index (χ4v) is 5.06. The van der Waals surface area contributed by atoms with Gasteiger partial charge in [0.25, 0.3) is 0 Å². The molecule has 0 saturated carbocycles. The number of benzene rings is 2. The lowest BCUT2D eigenvalue weighted by Gasteiger charge is -2.30. The van der Waals surface area contributed by atoms with Crippen LogP contribution >= 0.6 is 22.6 Å². The van der Waals surface area contributed by atoms with Crippen molar-refractivity contribution in [1.82, 2.24) is 15.0 Å². The van der Waals surface area contributed by atoms with Crippen LogP contribution in [0.25, 0.3) is 0 Å². The highest BCUT2D eigenvalue weighted by molar-refractivity contribution is 14.1. The van der Waals surface area contributed by atoms with Gasteiger partial charge in [-0.05, 0) is 103 Å². The van der Waals surface area contributed by atoms with Crippen molar-refractivity contribution in [3.63, 3.8) is 0 Å². The van der Waals surface area contributed by atoms with Gasteiger partial charge in [-0.1, -0.05) is 12.1 Å². The Kier molecular flexibility index (Phi) is 8.44. The molecule has 0 aliphatic carbocycles. The summed E-state index contributed by atoms with van der Waals surface area (Å²) >= 11 is 2.13. The topological polar surface area (TPSA) is 95.8 Å². The van der Waals surface area contributed by atoms with E-state index in [1.807, 2.05) is 30.3 Å². The molecule has 2 aliphatic heterocycles. The number of anilines is 3. The molecule has 0 bridgehead atoms. The third-order valence-electron chi connectivity index (χ3n) is 6.45. The minimum Gasteiger partial charge on any atom is -0.423 e. The van der Waals surface area contributed by atoms with Crippen LogP contribution in [0.5, 0.6) is 5.75 Å². The van der Waals surface area contributed by atoms with Crippen LogP contribution in [-0.2, 0) is 0 Å². The Morgan fingerprint density at radius 1 is 0.838 bits per heavy atom. The number of piperidine rings is 2. The lowest BCUT2D eigenvalue weighted by molar-refractivity contribution is 0.0733. The van der Waals surface area contributed by atoms with Crippen molar-refractivity contribution in [2.45, 2.75) is 38.5 Å². The van der Waals surface area contributed by atoms with Crippen LogP contribution < -0.4 is 20.0 Å². The Morgan fingerprint density at radius 3 is 2.03 bits per heavy atom. The van der Waals surface area contributed by atoms with E-state index in [2.05, 4.69) is 52.9 Å². The molecular weight excluding hydrogens is 581 g/mol. The Hall–Kier alpha value is -3.28. The first-order valence-corrected chi connectivity index (χ1v) is 13.9. The molecule has 0 spiro atoms. The first-order chi connectivity index (χ1) is 18.2. The van der Waals surface area contributed by atoms with Crippen molar-refractivity contribution < 1.29 is 9.53 Å². The number of hydrazone groups is 1. The molecule has 9 nitrogen and oxygen atoms in total. The summed E-state index contributed by atoms with van der Waals surface area (Å²) in [6.45, 7) is 3.86. The molecule has 3 heterocycles. The zero-order valence-corrected chi connectivity index (χ0v) is 22.8. The summed E-state index contributed by atoms with van der Waals surface area (Å²) in [5, 5.41) is 4.36. The van der Waals surface area contributed by atoms with Crippen LogP contribution in [0, 0.1) is 3.57 Å². The average molecular weight is 611 g/mol. The third kappa shape index (κ3) is 6.73. The summed E-state index contributed by atoms with van der Waals surface area (Å²) in [6.07, 6.45) is 8.81. The third-order valence-corrected chi connectivity index (χ3v) is 7.39. The van der Waals surface area contributed by atoms with Gasteiger partial charge in [-0.15, -0.1) is 0 Å². The monoisotopic (exact) mass is 611 g/mol. The van der Waals surface area contributed by atoms with Crippen molar-refractivity contribution in [2.24, 2.45) is 5.10 Å². The van der Waals surface area contributed by atoms with Gasteiger partial charge in [0.2, 0.25) is 17.8 Å². The fourth-order valence-electron chi connectivity index (χ4n) is 4.45. The Balaban J connectivity index is 1.25. The smallest absolute Gasteiger partial charge is 0.344 e. The molecule has 0 atom stereocenters. The van der Waals surface area contributed by atoms with E-state index >= 15 is 0 Å². The molecular formula is C27H30IN7O2. The maximum atomic E-state index is 12.4. The highest BCUT2D eigenvalue weighted by Gasteiger charge is 2.20. The number of rotatable bonds is 7. The number of hydrogen-bond donors (Lipinski definition) is 1. The maximum Gasteiger partial charge on any atom is 0.344 e. The van der Waals surface area contributed by atoms with Crippen molar-refractivity contribution in [2.75, 3.05) is 41.4 Å². The van der Waals surface area contributed by atoms with Gasteiger partial charge in [-0.3, -0.25) is 0 Å². The van der Waals surface area contributed by atoms with Gasteiger partial charge in [-0.2, -0.15) is 20.1 Å². The number of esters is 1. The van der Waals surface area contributed by atoms with Crippen molar-refractivity contribution in [3.8, 4) is 5.75 Å². The molecule has 37 heavy (non-hydrogen) atoms. The molecule has 2 aliphatic rings. The minimum atomic E-state index is -0.378. The maximum absolute atomic E-state index is 12.4. The molecule has 2 aromatic carbocycles. The number of nitrogens with one attached hydrogen (secondary N) is 1. The predicted molar refractivity (Wildman–Crippen MR) is 154 cm³/mol. The van der Waals surface area contributed by atoms with E-state index in [0.717, 1.165) is 61.0 Å². The first kappa shape index (κ1) is 25.4. The number of aromatic nitrogens is 3. The highest BCUT2D eigenvalue weighted by atomic mass is 127. The van der Waals surface area contributed by atoms with Gasteiger partial charge in [0.05, 0.1) is 11.8 Å². The number of halogens is 1. The SMILES string of the molecule is O=C(Oc1ccc(C=NNc2nc(N3CCCCC3)nc(N3CCCCC3)n2)cc1)c1ccccc1I. The number of hydrogen-bond acceptors (Lipinski definition) is 9. The molecule has 2 saturated heterocycles. The van der Waals surface area contributed by atoms with E-state index in [1.165, 1.54) is 12.8 Å². The van der Waals surface area contributed by atoms with Crippen LogP contribution in [-0.4, -0.2) is 53.3 Å². The van der Waals surface area contributed by atoms with Crippen LogP contribution in [0.3, 0.4) is 0 Å². The molecule has 192 valence electrons. The lowest BCUT2D eigenvalue weighted by atomic mass is 10.1. The fraction of sp³-hybridized carbons (Fsp3) is 0.370. The van der Waals surface area contributed by atoms with Crippen molar-refractivity contribution in [3.05, 3.63) is 63.2 Å². The Morgan fingerprint density at radius 2 is 1.43 bits per heavy atom. The van der Waals surface area contributed by atoms with E-state index in [9.17, 15) is 4.79 Å².